The number of hydrogen-bond donors (Lipinski definition) is 2. The third-order valence-electron chi connectivity index (χ3n) is 5.16. The van der Waals surface area contributed by atoms with Gasteiger partial charge in [0.25, 0.3) is 0 Å². The fourth-order valence-electron chi connectivity index (χ4n) is 3.81. The van der Waals surface area contributed by atoms with Crippen molar-refractivity contribution in [3.8, 4) is 0 Å². The van der Waals surface area contributed by atoms with Gasteiger partial charge >= 0.3 is 0 Å². The zero-order valence-corrected chi connectivity index (χ0v) is 14.7. The van der Waals surface area contributed by atoms with Crippen LogP contribution in [0.3, 0.4) is 0 Å². The number of primary amides is 1. The number of nitrogens with zero attached hydrogens (tertiary/aromatic N) is 2. The predicted octanol–water partition coefficient (Wildman–Crippen LogP) is 1.96. The second kappa shape index (κ2) is 8.34. The van der Waals surface area contributed by atoms with Crippen LogP contribution in [0.1, 0.15) is 38.5 Å². The molecule has 2 amide bonds. The van der Waals surface area contributed by atoms with Crippen LogP contribution in [0.2, 0.25) is 0 Å². The summed E-state index contributed by atoms with van der Waals surface area (Å²) in [6, 6.07) is 7.74. The maximum absolute atomic E-state index is 12.3. The van der Waals surface area contributed by atoms with E-state index in [9.17, 15) is 9.59 Å². The van der Waals surface area contributed by atoms with Crippen LogP contribution in [0, 0.1) is 0 Å². The molecule has 0 bridgehead atoms. The fraction of sp³-hybridized carbons (Fsp3) is 0.579. The van der Waals surface area contributed by atoms with Gasteiger partial charge < -0.3 is 16.0 Å². The molecule has 0 saturated carbocycles. The van der Waals surface area contributed by atoms with E-state index in [2.05, 4.69) is 22.3 Å². The number of nitrogens with two attached hydrogens (primary N) is 1. The smallest absolute Gasteiger partial charge is 0.238 e. The van der Waals surface area contributed by atoms with Crippen LogP contribution in [0.25, 0.3) is 0 Å². The van der Waals surface area contributed by atoms with Crippen LogP contribution in [0.5, 0.6) is 0 Å². The lowest BCUT2D eigenvalue weighted by Crippen LogP contribution is -2.43. The number of anilines is 2. The first-order chi connectivity index (χ1) is 12.1. The molecule has 2 saturated heterocycles. The van der Waals surface area contributed by atoms with E-state index in [1.54, 1.807) is 0 Å². The van der Waals surface area contributed by atoms with E-state index < -0.39 is 0 Å². The van der Waals surface area contributed by atoms with Crippen molar-refractivity contribution in [2.24, 2.45) is 5.73 Å². The molecule has 136 valence electrons. The summed E-state index contributed by atoms with van der Waals surface area (Å²) in [6.07, 6.45) is 6.77. The molecule has 2 aliphatic rings. The minimum atomic E-state index is -0.341. The number of hydrogen-bond acceptors (Lipinski definition) is 4. The van der Waals surface area contributed by atoms with Gasteiger partial charge in [-0.2, -0.15) is 0 Å². The Hall–Kier alpha value is -2.08. The molecule has 0 aliphatic carbocycles. The minimum Gasteiger partial charge on any atom is -0.372 e. The summed E-state index contributed by atoms with van der Waals surface area (Å²) in [5.41, 5.74) is 7.40. The third kappa shape index (κ3) is 4.72. The zero-order chi connectivity index (χ0) is 17.6. The lowest BCUT2D eigenvalue weighted by Gasteiger charge is -2.23. The van der Waals surface area contributed by atoms with Crippen molar-refractivity contribution >= 4 is 23.2 Å². The second-order valence-corrected chi connectivity index (χ2v) is 7.03. The van der Waals surface area contributed by atoms with Crippen molar-refractivity contribution in [3.63, 3.8) is 0 Å². The van der Waals surface area contributed by atoms with E-state index in [1.807, 2.05) is 17.0 Å². The Balaban J connectivity index is 1.54. The van der Waals surface area contributed by atoms with Gasteiger partial charge in [-0.05, 0) is 56.5 Å². The molecule has 6 heteroatoms. The van der Waals surface area contributed by atoms with Crippen LogP contribution in [-0.4, -0.2) is 48.9 Å². The summed E-state index contributed by atoms with van der Waals surface area (Å²) in [7, 11) is 0. The summed E-state index contributed by atoms with van der Waals surface area (Å²) in [5.74, 6) is -0.442. The Morgan fingerprint density at radius 1 is 1.00 bits per heavy atom. The molecule has 1 aromatic rings. The van der Waals surface area contributed by atoms with Crippen molar-refractivity contribution in [1.82, 2.24) is 4.90 Å². The first-order valence-corrected chi connectivity index (χ1v) is 9.32. The van der Waals surface area contributed by atoms with Crippen LogP contribution in [0.15, 0.2) is 24.3 Å². The number of likely N-dealkylation sites (tertiary alicyclic amines) is 1. The topological polar surface area (TPSA) is 78.7 Å². The number of nitrogens with one attached hydrogen (secondary N) is 1. The van der Waals surface area contributed by atoms with Gasteiger partial charge in [-0.3, -0.25) is 14.5 Å². The van der Waals surface area contributed by atoms with E-state index in [0.29, 0.717) is 0 Å². The van der Waals surface area contributed by atoms with E-state index in [4.69, 9.17) is 5.73 Å². The second-order valence-electron chi connectivity index (χ2n) is 7.03. The van der Waals surface area contributed by atoms with Crippen LogP contribution in [-0.2, 0) is 9.59 Å². The van der Waals surface area contributed by atoms with E-state index >= 15 is 0 Å². The van der Waals surface area contributed by atoms with E-state index in [-0.39, 0.29) is 24.4 Å². The largest absolute Gasteiger partial charge is 0.372 e. The molecule has 1 aromatic carbocycles. The molecular weight excluding hydrogens is 316 g/mol. The average molecular weight is 344 g/mol. The molecule has 2 aliphatic heterocycles. The Morgan fingerprint density at radius 2 is 1.68 bits per heavy atom. The number of carbonyl (C=O) groups excluding carboxylic acids is 2. The molecule has 3 N–H and O–H groups in total. The predicted molar refractivity (Wildman–Crippen MR) is 99.5 cm³/mol. The van der Waals surface area contributed by atoms with Gasteiger partial charge in [-0.25, -0.2) is 0 Å². The lowest BCUT2D eigenvalue weighted by molar-refractivity contribution is -0.123. The molecule has 0 radical (unpaired) electrons. The summed E-state index contributed by atoms with van der Waals surface area (Å²) in [5, 5.41) is 2.92. The Bertz CT molecular complexity index is 594. The molecule has 25 heavy (non-hydrogen) atoms. The first kappa shape index (κ1) is 17.7. The Morgan fingerprint density at radius 3 is 2.32 bits per heavy atom. The minimum absolute atomic E-state index is 0.101. The van der Waals surface area contributed by atoms with Crippen molar-refractivity contribution in [3.05, 3.63) is 24.3 Å². The number of carbonyl (C=O) groups is 2. The SMILES string of the molecule is NC(=O)[C@@H]1CCCN1CC(=O)Nc1ccc(N2CCCCCC2)cc1. The highest BCUT2D eigenvalue weighted by Crippen LogP contribution is 2.22. The molecule has 3 rings (SSSR count). The standard InChI is InChI=1S/C19H28N4O2/c20-19(25)17-6-5-13-23(17)14-18(24)21-15-7-9-16(10-8-15)22-11-3-1-2-4-12-22/h7-10,17H,1-6,11-14H2,(H2,20,25)(H,21,24)/t17-/m0/s1. The van der Waals surface area contributed by atoms with Gasteiger partial charge in [0.15, 0.2) is 0 Å². The number of rotatable bonds is 5. The Labute approximate surface area is 149 Å². The normalized spacial score (nSPS) is 21.8. The maximum Gasteiger partial charge on any atom is 0.238 e. The van der Waals surface area contributed by atoms with Crippen molar-refractivity contribution in [2.75, 3.05) is 36.4 Å². The first-order valence-electron chi connectivity index (χ1n) is 9.32. The van der Waals surface area contributed by atoms with Crippen molar-refractivity contribution in [2.45, 2.75) is 44.6 Å². The molecule has 1 atom stereocenters. The molecule has 0 unspecified atom stereocenters. The molecule has 2 fully saturated rings. The van der Waals surface area contributed by atoms with Crippen LogP contribution < -0.4 is 16.0 Å². The molecule has 2 heterocycles. The fourth-order valence-corrected chi connectivity index (χ4v) is 3.81. The molecule has 0 aromatic heterocycles. The van der Waals surface area contributed by atoms with Gasteiger partial charge in [-0.15, -0.1) is 0 Å². The van der Waals surface area contributed by atoms with Gasteiger partial charge in [0, 0.05) is 24.5 Å². The van der Waals surface area contributed by atoms with Gasteiger partial charge in [-0.1, -0.05) is 12.8 Å². The highest BCUT2D eigenvalue weighted by Gasteiger charge is 2.30. The molecular formula is C19H28N4O2. The van der Waals surface area contributed by atoms with Crippen LogP contribution in [0.4, 0.5) is 11.4 Å². The maximum atomic E-state index is 12.3. The average Bonchev–Trinajstić information content (AvgIpc) is 2.88. The van der Waals surface area contributed by atoms with E-state index in [0.717, 1.165) is 38.2 Å². The summed E-state index contributed by atoms with van der Waals surface area (Å²) in [6.45, 7) is 3.17. The summed E-state index contributed by atoms with van der Waals surface area (Å²) < 4.78 is 0. The van der Waals surface area contributed by atoms with Gasteiger partial charge in [0.05, 0.1) is 12.6 Å². The van der Waals surface area contributed by atoms with Gasteiger partial charge in [0.2, 0.25) is 11.8 Å². The van der Waals surface area contributed by atoms with Crippen molar-refractivity contribution < 1.29 is 9.59 Å². The van der Waals surface area contributed by atoms with Crippen LogP contribution >= 0.6 is 0 Å². The third-order valence-corrected chi connectivity index (χ3v) is 5.16. The molecule has 6 nitrogen and oxygen atoms in total. The monoisotopic (exact) mass is 344 g/mol. The number of amides is 2. The lowest BCUT2D eigenvalue weighted by atomic mass is 10.2. The Kier molecular flexibility index (Phi) is 5.91. The summed E-state index contributed by atoms with van der Waals surface area (Å²) in [4.78, 5) is 27.9. The van der Waals surface area contributed by atoms with Crippen molar-refractivity contribution in [1.29, 1.82) is 0 Å². The quantitative estimate of drug-likeness (QED) is 0.856. The zero-order valence-electron chi connectivity index (χ0n) is 14.7. The highest BCUT2D eigenvalue weighted by molar-refractivity contribution is 5.93. The number of benzene rings is 1. The van der Waals surface area contributed by atoms with E-state index in [1.165, 1.54) is 31.4 Å². The molecule has 0 spiro atoms. The van der Waals surface area contributed by atoms with Gasteiger partial charge in [0.1, 0.15) is 0 Å². The summed E-state index contributed by atoms with van der Waals surface area (Å²) >= 11 is 0. The highest BCUT2D eigenvalue weighted by atomic mass is 16.2.